The largest absolute Gasteiger partial charge is 0.466 e. The van der Waals surface area contributed by atoms with Gasteiger partial charge in [-0.25, -0.2) is 0 Å². The molecule has 0 saturated heterocycles. The Balaban J connectivity index is 2.38. The highest BCUT2D eigenvalue weighted by Crippen LogP contribution is 2.22. The number of rotatable bonds is 5. The zero-order valence-corrected chi connectivity index (χ0v) is 12.8. The molecule has 0 aromatic heterocycles. The minimum absolute atomic E-state index is 0.0984. The molecule has 1 aromatic rings. The van der Waals surface area contributed by atoms with E-state index in [2.05, 4.69) is 10.3 Å². The van der Waals surface area contributed by atoms with Crippen LogP contribution in [0.4, 0.5) is 5.69 Å². The fraction of sp³-hybridized carbons (Fsp3) is 0.400. The van der Waals surface area contributed by atoms with E-state index >= 15 is 0 Å². The third-order valence-corrected chi connectivity index (χ3v) is 3.36. The Labute approximate surface area is 132 Å². The van der Waals surface area contributed by atoms with Crippen LogP contribution >= 0.6 is 0 Å². The van der Waals surface area contributed by atoms with Crippen LogP contribution < -0.4 is 5.32 Å². The summed E-state index contributed by atoms with van der Waals surface area (Å²) in [5, 5.41) is 13.6. The first kappa shape index (κ1) is 16.6. The Hall–Kier alpha value is -2.77. The highest BCUT2D eigenvalue weighted by Gasteiger charge is 2.33. The van der Waals surface area contributed by atoms with E-state index in [0.717, 1.165) is 0 Å². The lowest BCUT2D eigenvalue weighted by molar-refractivity contribution is -0.384. The van der Waals surface area contributed by atoms with Crippen LogP contribution in [0, 0.1) is 16.0 Å². The molecule has 1 heterocycles. The number of esters is 1. The van der Waals surface area contributed by atoms with E-state index in [1.165, 1.54) is 18.2 Å². The summed E-state index contributed by atoms with van der Waals surface area (Å²) in [5.41, 5.74) is 0.715. The molecule has 8 nitrogen and oxygen atoms in total. The third kappa shape index (κ3) is 3.91. The number of amides is 1. The first-order valence-corrected chi connectivity index (χ1v) is 7.21. The number of non-ortho nitro benzene ring substituents is 1. The average Bonchev–Trinajstić information content (AvgIpc) is 2.50. The van der Waals surface area contributed by atoms with Crippen LogP contribution in [0.3, 0.4) is 0 Å². The number of hydrogen-bond donors (Lipinski definition) is 1. The number of ether oxygens (including phenoxy) is 1. The van der Waals surface area contributed by atoms with Crippen molar-refractivity contribution >= 4 is 23.3 Å². The molecule has 2 unspecified atom stereocenters. The lowest BCUT2D eigenvalue weighted by Gasteiger charge is -2.26. The van der Waals surface area contributed by atoms with Gasteiger partial charge in [0.05, 0.1) is 29.6 Å². The van der Waals surface area contributed by atoms with Crippen molar-refractivity contribution in [3.63, 3.8) is 0 Å². The SMILES string of the molecule is CCOC(=O)CC1C(=O)NC(C)N=C1c1cccc([N+](=O)[O-])c1. The minimum atomic E-state index is -0.827. The number of aliphatic imine (C=N–C) groups is 1. The van der Waals surface area contributed by atoms with Crippen molar-refractivity contribution in [3.8, 4) is 0 Å². The summed E-state index contributed by atoms with van der Waals surface area (Å²) in [6, 6.07) is 5.86. The lowest BCUT2D eigenvalue weighted by atomic mass is 9.91. The van der Waals surface area contributed by atoms with Gasteiger partial charge < -0.3 is 10.1 Å². The summed E-state index contributed by atoms with van der Waals surface area (Å²) in [7, 11) is 0. The molecular weight excluding hydrogens is 302 g/mol. The molecule has 1 aromatic carbocycles. The summed E-state index contributed by atoms with van der Waals surface area (Å²) in [4.78, 5) is 38.7. The van der Waals surface area contributed by atoms with Crippen LogP contribution in [-0.4, -0.2) is 35.3 Å². The van der Waals surface area contributed by atoms with Crippen LogP contribution in [0.25, 0.3) is 0 Å². The van der Waals surface area contributed by atoms with Crippen LogP contribution in [0.5, 0.6) is 0 Å². The molecule has 1 aliphatic rings. The van der Waals surface area contributed by atoms with E-state index in [0.29, 0.717) is 11.3 Å². The number of nitrogens with zero attached hydrogens (tertiary/aromatic N) is 2. The Morgan fingerprint density at radius 1 is 1.48 bits per heavy atom. The molecule has 8 heteroatoms. The van der Waals surface area contributed by atoms with Crippen molar-refractivity contribution in [2.75, 3.05) is 6.61 Å². The highest BCUT2D eigenvalue weighted by molar-refractivity contribution is 6.15. The summed E-state index contributed by atoms with van der Waals surface area (Å²) < 4.78 is 4.88. The molecule has 1 amide bonds. The normalized spacial score (nSPS) is 20.4. The van der Waals surface area contributed by atoms with E-state index in [9.17, 15) is 19.7 Å². The summed E-state index contributed by atoms with van der Waals surface area (Å²) in [6.45, 7) is 3.58. The zero-order valence-electron chi connectivity index (χ0n) is 12.8. The second-order valence-electron chi connectivity index (χ2n) is 5.07. The van der Waals surface area contributed by atoms with Gasteiger partial charge in [0.2, 0.25) is 5.91 Å². The van der Waals surface area contributed by atoms with E-state index in [1.54, 1.807) is 19.9 Å². The molecule has 0 fully saturated rings. The maximum atomic E-state index is 12.2. The van der Waals surface area contributed by atoms with Gasteiger partial charge in [-0.2, -0.15) is 0 Å². The molecule has 23 heavy (non-hydrogen) atoms. The van der Waals surface area contributed by atoms with Crippen molar-refractivity contribution in [3.05, 3.63) is 39.9 Å². The second-order valence-corrected chi connectivity index (χ2v) is 5.07. The van der Waals surface area contributed by atoms with Gasteiger partial charge in [-0.1, -0.05) is 12.1 Å². The van der Waals surface area contributed by atoms with Gasteiger partial charge in [-0.15, -0.1) is 0 Å². The Morgan fingerprint density at radius 2 is 2.22 bits per heavy atom. The van der Waals surface area contributed by atoms with Crippen LogP contribution in [0.1, 0.15) is 25.8 Å². The summed E-state index contributed by atoms with van der Waals surface area (Å²) >= 11 is 0. The Morgan fingerprint density at radius 3 is 2.87 bits per heavy atom. The van der Waals surface area contributed by atoms with E-state index in [-0.39, 0.29) is 24.6 Å². The summed E-state index contributed by atoms with van der Waals surface area (Å²) in [5.74, 6) is -1.69. The number of carbonyl (C=O) groups excluding carboxylic acids is 2. The first-order valence-electron chi connectivity index (χ1n) is 7.21. The van der Waals surface area contributed by atoms with Crippen molar-refractivity contribution < 1.29 is 19.2 Å². The second kappa shape index (κ2) is 6.99. The number of hydrogen-bond acceptors (Lipinski definition) is 6. The maximum absolute atomic E-state index is 12.2. The average molecular weight is 319 g/mol. The fourth-order valence-electron chi connectivity index (χ4n) is 2.39. The molecule has 1 N–H and O–H groups in total. The molecule has 0 spiro atoms. The van der Waals surface area contributed by atoms with Crippen LogP contribution in [0.2, 0.25) is 0 Å². The predicted octanol–water partition coefficient (Wildman–Crippen LogP) is 1.43. The van der Waals surface area contributed by atoms with Crippen molar-refractivity contribution in [1.29, 1.82) is 0 Å². The predicted molar refractivity (Wildman–Crippen MR) is 82.0 cm³/mol. The number of benzene rings is 1. The topological polar surface area (TPSA) is 111 Å². The van der Waals surface area contributed by atoms with Gasteiger partial charge in [-0.05, 0) is 13.8 Å². The third-order valence-electron chi connectivity index (χ3n) is 3.36. The molecule has 0 radical (unpaired) electrons. The smallest absolute Gasteiger partial charge is 0.306 e. The molecule has 0 bridgehead atoms. The van der Waals surface area contributed by atoms with Gasteiger partial charge in [0, 0.05) is 17.7 Å². The zero-order chi connectivity index (χ0) is 17.0. The Kier molecular flexibility index (Phi) is 5.05. The first-order chi connectivity index (χ1) is 10.9. The molecule has 2 atom stereocenters. The standard InChI is InChI=1S/C15H17N3O5/c1-3-23-13(19)8-12-14(16-9(2)17-15(12)20)10-5-4-6-11(7-10)18(21)22/h4-7,9,12H,3,8H2,1-2H3,(H,17,20). The fourth-order valence-corrected chi connectivity index (χ4v) is 2.39. The molecule has 0 saturated carbocycles. The number of nitrogens with one attached hydrogen (secondary N) is 1. The van der Waals surface area contributed by atoms with Crippen molar-refractivity contribution in [1.82, 2.24) is 5.32 Å². The van der Waals surface area contributed by atoms with Crippen molar-refractivity contribution in [2.45, 2.75) is 26.4 Å². The highest BCUT2D eigenvalue weighted by atomic mass is 16.6. The van der Waals surface area contributed by atoms with E-state index in [1.807, 2.05) is 0 Å². The van der Waals surface area contributed by atoms with Crippen LogP contribution in [-0.2, 0) is 14.3 Å². The minimum Gasteiger partial charge on any atom is -0.466 e. The van der Waals surface area contributed by atoms with Gasteiger partial charge in [0.15, 0.2) is 0 Å². The monoisotopic (exact) mass is 319 g/mol. The van der Waals surface area contributed by atoms with Gasteiger partial charge in [-0.3, -0.25) is 24.7 Å². The summed E-state index contributed by atoms with van der Waals surface area (Å²) in [6.07, 6.45) is -0.622. The van der Waals surface area contributed by atoms with Gasteiger partial charge in [0.1, 0.15) is 6.17 Å². The quantitative estimate of drug-likeness (QED) is 0.501. The van der Waals surface area contributed by atoms with Crippen molar-refractivity contribution in [2.24, 2.45) is 10.9 Å². The van der Waals surface area contributed by atoms with E-state index < -0.39 is 23.0 Å². The molecule has 122 valence electrons. The van der Waals surface area contributed by atoms with Gasteiger partial charge in [0.25, 0.3) is 5.69 Å². The number of carbonyl (C=O) groups is 2. The molecule has 2 rings (SSSR count). The number of nitro groups is 1. The number of nitro benzene ring substituents is 1. The van der Waals surface area contributed by atoms with Gasteiger partial charge >= 0.3 is 5.97 Å². The molecule has 1 aliphatic heterocycles. The van der Waals surface area contributed by atoms with E-state index in [4.69, 9.17) is 4.74 Å². The molecule has 0 aliphatic carbocycles. The maximum Gasteiger partial charge on any atom is 0.306 e. The lowest BCUT2D eigenvalue weighted by Crippen LogP contribution is -2.46. The van der Waals surface area contributed by atoms with Crippen LogP contribution in [0.15, 0.2) is 29.3 Å². The molecular formula is C15H17N3O5. The Bertz CT molecular complexity index is 671.